The lowest BCUT2D eigenvalue weighted by Gasteiger charge is -2.13. The second kappa shape index (κ2) is 14.5. The van der Waals surface area contributed by atoms with Crippen molar-refractivity contribution in [1.29, 1.82) is 0 Å². The highest BCUT2D eigenvalue weighted by Gasteiger charge is 2.41. The minimum Gasteiger partial charge on any atom is -0.486 e. The average Bonchev–Trinajstić information content (AvgIpc) is 3.48. The summed E-state index contributed by atoms with van der Waals surface area (Å²) in [6, 6.07) is 26.1. The van der Waals surface area contributed by atoms with Crippen LogP contribution in [0.4, 0.5) is 4.79 Å². The van der Waals surface area contributed by atoms with Gasteiger partial charge in [-0.1, -0.05) is 103 Å². The molecule has 2 aliphatic rings. The molecule has 2 aliphatic heterocycles. The van der Waals surface area contributed by atoms with Crippen molar-refractivity contribution in [2.24, 2.45) is 0 Å². The van der Waals surface area contributed by atoms with Gasteiger partial charge in [-0.15, -0.1) is 13.2 Å². The van der Waals surface area contributed by atoms with Crippen LogP contribution >= 0.6 is 12.2 Å². The van der Waals surface area contributed by atoms with Gasteiger partial charge in [-0.05, 0) is 17.8 Å². The highest BCUT2D eigenvalue weighted by Crippen LogP contribution is 2.25. The van der Waals surface area contributed by atoms with Crippen molar-refractivity contribution in [2.45, 2.75) is 12.6 Å². The Morgan fingerprint density at radius 1 is 0.814 bits per heavy atom. The number of hydrogen-bond donors (Lipinski definition) is 2. The molecule has 0 aromatic heterocycles. The van der Waals surface area contributed by atoms with Crippen LogP contribution in [0.5, 0.6) is 0 Å². The van der Waals surface area contributed by atoms with Gasteiger partial charge < -0.3 is 15.4 Å². The molecule has 1 atom stereocenters. The summed E-state index contributed by atoms with van der Waals surface area (Å²) in [6.07, 6.45) is 3.08. The van der Waals surface area contributed by atoms with Crippen molar-refractivity contribution in [3.05, 3.63) is 139 Å². The number of hydrogen-bond acceptors (Lipinski definition) is 6. The molecule has 2 heterocycles. The van der Waals surface area contributed by atoms with Gasteiger partial charge in [-0.2, -0.15) is 0 Å². The number of Topliss-reactive ketones (excluding diaryl/α,β-unsaturated/α-hetero) is 1. The number of imide groups is 1. The van der Waals surface area contributed by atoms with Crippen LogP contribution in [0.3, 0.4) is 0 Å². The first-order chi connectivity index (χ1) is 20.8. The van der Waals surface area contributed by atoms with Gasteiger partial charge >= 0.3 is 6.03 Å². The molecular formula is C33H30N4O5S. The minimum absolute atomic E-state index is 0.100. The van der Waals surface area contributed by atoms with E-state index in [2.05, 4.69) is 23.8 Å². The molecule has 2 fully saturated rings. The number of nitrogens with one attached hydrogen (secondary N) is 2. The second-order valence-corrected chi connectivity index (χ2v) is 9.72. The van der Waals surface area contributed by atoms with E-state index in [1.165, 1.54) is 11.0 Å². The summed E-state index contributed by atoms with van der Waals surface area (Å²) >= 11 is 5.26. The molecular weight excluding hydrogens is 564 g/mol. The maximum absolute atomic E-state index is 12.7. The number of carbonyl (C=O) groups excluding carboxylic acids is 4. The van der Waals surface area contributed by atoms with Gasteiger partial charge in [0, 0.05) is 24.2 Å². The zero-order chi connectivity index (χ0) is 30.8. The van der Waals surface area contributed by atoms with Crippen molar-refractivity contribution in [2.75, 3.05) is 13.1 Å². The van der Waals surface area contributed by atoms with Crippen molar-refractivity contribution in [3.8, 4) is 0 Å². The molecule has 9 nitrogen and oxygen atoms in total. The van der Waals surface area contributed by atoms with E-state index in [4.69, 9.17) is 17.0 Å². The molecule has 1 unspecified atom stereocenters. The number of rotatable bonds is 10. The number of urea groups is 1. The summed E-state index contributed by atoms with van der Waals surface area (Å²) in [4.78, 5) is 50.6. The normalized spacial score (nSPS) is 17.0. The van der Waals surface area contributed by atoms with Crippen molar-refractivity contribution >= 4 is 46.7 Å². The fraction of sp³-hybridized carbons (Fsp3) is 0.121. The SMILES string of the molecule is C=CCN1C(=O)/C(=C(/OCc2ccccc2)c2ccccc2)NC1=S.C=CCN1C(=O)NC(C(=O)c2ccccc2)C1=O. The minimum atomic E-state index is -1.13. The number of ether oxygens (including phenoxy) is 1. The molecule has 3 aromatic rings. The molecule has 0 saturated carbocycles. The molecule has 0 spiro atoms. The van der Waals surface area contributed by atoms with Gasteiger partial charge in [0.1, 0.15) is 12.3 Å². The largest absolute Gasteiger partial charge is 0.486 e. The van der Waals surface area contributed by atoms with E-state index in [1.807, 2.05) is 60.7 Å². The first-order valence-corrected chi connectivity index (χ1v) is 13.8. The molecule has 10 heteroatoms. The van der Waals surface area contributed by atoms with E-state index in [0.29, 0.717) is 35.3 Å². The van der Waals surface area contributed by atoms with Crippen LogP contribution < -0.4 is 10.6 Å². The Morgan fingerprint density at radius 2 is 1.35 bits per heavy atom. The van der Waals surface area contributed by atoms with Crippen LogP contribution in [0.1, 0.15) is 21.5 Å². The summed E-state index contributed by atoms with van der Waals surface area (Å²) < 4.78 is 6.03. The number of carbonyl (C=O) groups is 4. The van der Waals surface area contributed by atoms with Gasteiger partial charge in [0.15, 0.2) is 22.7 Å². The highest BCUT2D eigenvalue weighted by molar-refractivity contribution is 7.80. The summed E-state index contributed by atoms with van der Waals surface area (Å²) in [6.45, 7) is 7.95. The van der Waals surface area contributed by atoms with Gasteiger partial charge in [-0.25, -0.2) is 4.79 Å². The smallest absolute Gasteiger partial charge is 0.325 e. The Labute approximate surface area is 255 Å². The zero-order valence-electron chi connectivity index (χ0n) is 23.3. The van der Waals surface area contributed by atoms with Gasteiger partial charge in [-0.3, -0.25) is 24.2 Å². The molecule has 0 bridgehead atoms. The average molecular weight is 595 g/mol. The lowest BCUT2D eigenvalue weighted by molar-refractivity contribution is -0.126. The molecule has 0 aliphatic carbocycles. The first-order valence-electron chi connectivity index (χ1n) is 13.4. The molecule has 5 rings (SSSR count). The summed E-state index contributed by atoms with van der Waals surface area (Å²) in [7, 11) is 0. The number of ketones is 1. The number of thiocarbonyl (C=S) groups is 1. The lowest BCUT2D eigenvalue weighted by atomic mass is 10.0. The maximum atomic E-state index is 12.7. The monoisotopic (exact) mass is 594 g/mol. The van der Waals surface area contributed by atoms with E-state index in [-0.39, 0.29) is 12.5 Å². The third-order valence-corrected chi connectivity index (χ3v) is 6.72. The first kappa shape index (κ1) is 30.6. The molecule has 218 valence electrons. The van der Waals surface area contributed by atoms with E-state index in [1.54, 1.807) is 36.4 Å². The van der Waals surface area contributed by atoms with Crippen LogP contribution in [0.2, 0.25) is 0 Å². The maximum Gasteiger partial charge on any atom is 0.325 e. The van der Waals surface area contributed by atoms with E-state index < -0.39 is 23.8 Å². The van der Waals surface area contributed by atoms with Crippen molar-refractivity contribution in [3.63, 3.8) is 0 Å². The van der Waals surface area contributed by atoms with Crippen LogP contribution in [0.25, 0.3) is 5.76 Å². The summed E-state index contributed by atoms with van der Waals surface area (Å²) in [5.74, 6) is -0.658. The Bertz CT molecular complexity index is 1560. The Balaban J connectivity index is 0.000000208. The molecule has 2 saturated heterocycles. The lowest BCUT2D eigenvalue weighted by Crippen LogP contribution is -2.37. The van der Waals surface area contributed by atoms with Gasteiger partial charge in [0.05, 0.1) is 0 Å². The Hall–Kier alpha value is -5.35. The highest BCUT2D eigenvalue weighted by atomic mass is 32.1. The molecule has 2 N–H and O–H groups in total. The Morgan fingerprint density at radius 3 is 1.93 bits per heavy atom. The fourth-order valence-corrected chi connectivity index (χ4v) is 4.55. The number of nitrogens with zero attached hydrogens (tertiary/aromatic N) is 2. The van der Waals surface area contributed by atoms with E-state index >= 15 is 0 Å². The predicted molar refractivity (Wildman–Crippen MR) is 167 cm³/mol. The summed E-state index contributed by atoms with van der Waals surface area (Å²) in [5.41, 5.74) is 2.59. The van der Waals surface area contributed by atoms with Gasteiger partial charge in [0.25, 0.3) is 11.8 Å². The van der Waals surface area contributed by atoms with Crippen LogP contribution in [-0.2, 0) is 20.9 Å². The Kier molecular flexibility index (Phi) is 10.3. The predicted octanol–water partition coefficient (Wildman–Crippen LogP) is 4.45. The zero-order valence-corrected chi connectivity index (χ0v) is 24.1. The second-order valence-electron chi connectivity index (χ2n) is 9.33. The number of amides is 4. The van der Waals surface area contributed by atoms with E-state index in [9.17, 15) is 19.2 Å². The topological polar surface area (TPSA) is 108 Å². The third-order valence-electron chi connectivity index (χ3n) is 6.39. The quantitative estimate of drug-likeness (QED) is 0.0679. The summed E-state index contributed by atoms with van der Waals surface area (Å²) in [5, 5.41) is 5.72. The van der Waals surface area contributed by atoms with Gasteiger partial charge in [0.2, 0.25) is 0 Å². The fourth-order valence-electron chi connectivity index (χ4n) is 4.29. The molecule has 0 radical (unpaired) electrons. The molecule has 43 heavy (non-hydrogen) atoms. The number of benzene rings is 3. The van der Waals surface area contributed by atoms with E-state index in [0.717, 1.165) is 16.0 Å². The molecule has 4 amide bonds. The van der Waals surface area contributed by atoms with Crippen LogP contribution in [0, 0.1) is 0 Å². The third kappa shape index (κ3) is 7.30. The molecule has 3 aromatic carbocycles. The standard InChI is InChI=1S/C20H18N2O2S.C13H12N2O3/c1-2-13-22-19(23)17(21-20(22)25)18(16-11-7-4-8-12-16)24-14-15-9-5-3-6-10-15;1-2-8-15-12(17)10(14-13(15)18)11(16)9-6-4-3-5-7-9/h2-12H,1,13-14H2,(H,21,25);2-7,10H,1,8H2,(H,14,18)/b18-17-;. The van der Waals surface area contributed by atoms with Crippen LogP contribution in [-0.4, -0.2) is 57.7 Å². The van der Waals surface area contributed by atoms with Crippen LogP contribution in [0.15, 0.2) is 122 Å². The van der Waals surface area contributed by atoms with Crippen molar-refractivity contribution in [1.82, 2.24) is 20.4 Å². The van der Waals surface area contributed by atoms with Crippen molar-refractivity contribution < 1.29 is 23.9 Å².